The summed E-state index contributed by atoms with van der Waals surface area (Å²) in [6.45, 7) is 1.49. The number of anilines is 1. The lowest BCUT2D eigenvalue weighted by molar-refractivity contribution is -0.138. The first-order valence-electron chi connectivity index (χ1n) is 8.32. The molecule has 0 saturated carbocycles. The molecule has 0 bridgehead atoms. The summed E-state index contributed by atoms with van der Waals surface area (Å²) in [7, 11) is 0. The highest BCUT2D eigenvalue weighted by Crippen LogP contribution is 2.31. The Morgan fingerprint density at radius 2 is 1.50 bits per heavy atom. The van der Waals surface area contributed by atoms with Crippen LogP contribution in [0, 0.1) is 0 Å². The van der Waals surface area contributed by atoms with Crippen LogP contribution >= 0.6 is 0 Å². The third kappa shape index (κ3) is 6.56. The van der Waals surface area contributed by atoms with E-state index in [0.29, 0.717) is 5.56 Å². The van der Waals surface area contributed by atoms with Gasteiger partial charge in [0, 0.05) is 11.7 Å². The average Bonchev–Trinajstić information content (AvgIpc) is 2.59. The summed E-state index contributed by atoms with van der Waals surface area (Å²) in [5, 5.41) is 5.19. The Balaban J connectivity index is 1.88. The number of carbonyl (C=O) groups excluding carboxylic acids is 1. The van der Waals surface area contributed by atoms with Crippen molar-refractivity contribution in [3.05, 3.63) is 65.2 Å². The lowest BCUT2D eigenvalue weighted by Gasteiger charge is -2.15. The number of hydrogen-bond acceptors (Lipinski definition) is 2. The Bertz CT molecular complexity index is 817. The van der Waals surface area contributed by atoms with Crippen molar-refractivity contribution in [3.63, 3.8) is 0 Å². The van der Waals surface area contributed by atoms with Crippen molar-refractivity contribution in [3.8, 4) is 0 Å². The van der Waals surface area contributed by atoms with E-state index >= 15 is 0 Å². The van der Waals surface area contributed by atoms with Crippen molar-refractivity contribution < 1.29 is 31.1 Å². The van der Waals surface area contributed by atoms with Crippen LogP contribution in [0.15, 0.2) is 48.5 Å². The van der Waals surface area contributed by atoms with Crippen molar-refractivity contribution >= 4 is 11.6 Å². The number of alkyl halides is 6. The fourth-order valence-corrected chi connectivity index (χ4v) is 2.55. The van der Waals surface area contributed by atoms with E-state index in [4.69, 9.17) is 0 Å². The van der Waals surface area contributed by atoms with Gasteiger partial charge in [0.15, 0.2) is 0 Å². The molecule has 1 amide bonds. The van der Waals surface area contributed by atoms with Crippen molar-refractivity contribution in [1.29, 1.82) is 0 Å². The molecule has 28 heavy (non-hydrogen) atoms. The fourth-order valence-electron chi connectivity index (χ4n) is 2.55. The Kier molecular flexibility index (Phi) is 6.71. The van der Waals surface area contributed by atoms with Gasteiger partial charge in [-0.2, -0.15) is 26.3 Å². The van der Waals surface area contributed by atoms with Crippen LogP contribution in [0.4, 0.5) is 32.0 Å². The summed E-state index contributed by atoms with van der Waals surface area (Å²) in [5.41, 5.74) is -1.17. The van der Waals surface area contributed by atoms with Gasteiger partial charge in [-0.3, -0.25) is 4.79 Å². The van der Waals surface area contributed by atoms with Crippen LogP contribution < -0.4 is 10.6 Å². The summed E-state index contributed by atoms with van der Waals surface area (Å²) < 4.78 is 76.2. The zero-order chi connectivity index (χ0) is 20.9. The summed E-state index contributed by atoms with van der Waals surface area (Å²) >= 11 is 0. The normalized spacial score (nSPS) is 13.2. The van der Waals surface area contributed by atoms with Crippen LogP contribution in [0.1, 0.15) is 23.6 Å². The van der Waals surface area contributed by atoms with Crippen LogP contribution in [0.3, 0.4) is 0 Å². The molecule has 0 heterocycles. The second kappa shape index (κ2) is 8.64. The summed E-state index contributed by atoms with van der Waals surface area (Å²) in [6, 6.07) is 8.79. The Hall–Kier alpha value is -2.55. The predicted molar refractivity (Wildman–Crippen MR) is 92.7 cm³/mol. The molecule has 152 valence electrons. The van der Waals surface area contributed by atoms with Gasteiger partial charge in [-0.05, 0) is 43.2 Å². The highest BCUT2D eigenvalue weighted by Gasteiger charge is 2.31. The van der Waals surface area contributed by atoms with E-state index in [9.17, 15) is 31.1 Å². The maximum atomic E-state index is 12.7. The van der Waals surface area contributed by atoms with Crippen LogP contribution in [0.25, 0.3) is 0 Å². The molecule has 2 aromatic carbocycles. The second-order valence-corrected chi connectivity index (χ2v) is 6.31. The van der Waals surface area contributed by atoms with Crippen molar-refractivity contribution in [2.24, 2.45) is 0 Å². The molecule has 2 N–H and O–H groups in total. The lowest BCUT2D eigenvalue weighted by atomic mass is 10.0. The van der Waals surface area contributed by atoms with E-state index in [1.54, 1.807) is 13.0 Å². The van der Waals surface area contributed by atoms with Crippen LogP contribution in [0.2, 0.25) is 0 Å². The van der Waals surface area contributed by atoms with Gasteiger partial charge in [-0.1, -0.05) is 24.3 Å². The predicted octanol–water partition coefficient (Wildman–Crippen LogP) is 4.88. The number of benzene rings is 2. The molecule has 2 rings (SSSR count). The third-order valence-corrected chi connectivity index (χ3v) is 3.88. The Morgan fingerprint density at radius 1 is 0.929 bits per heavy atom. The molecule has 1 unspecified atom stereocenters. The van der Waals surface area contributed by atoms with Gasteiger partial charge >= 0.3 is 12.4 Å². The van der Waals surface area contributed by atoms with E-state index in [2.05, 4.69) is 10.6 Å². The van der Waals surface area contributed by atoms with Gasteiger partial charge in [-0.25, -0.2) is 0 Å². The first-order valence-corrected chi connectivity index (χ1v) is 8.32. The largest absolute Gasteiger partial charge is 0.416 e. The SMILES string of the molecule is CC(Cc1cccc(C(F)(F)F)c1)NCC(=O)Nc1cccc(C(F)(F)F)c1. The minimum absolute atomic E-state index is 0.00663. The fraction of sp³-hybridized carbons (Fsp3) is 0.316. The molecule has 0 aliphatic heterocycles. The first kappa shape index (κ1) is 21.7. The van der Waals surface area contributed by atoms with Gasteiger partial charge < -0.3 is 10.6 Å². The number of carbonyl (C=O) groups is 1. The number of rotatable bonds is 6. The number of halogens is 6. The van der Waals surface area contributed by atoms with Crippen LogP contribution in [0.5, 0.6) is 0 Å². The van der Waals surface area contributed by atoms with Gasteiger partial charge in [0.1, 0.15) is 0 Å². The van der Waals surface area contributed by atoms with Gasteiger partial charge in [0.05, 0.1) is 17.7 Å². The van der Waals surface area contributed by atoms with Gasteiger partial charge in [0.25, 0.3) is 0 Å². The average molecular weight is 404 g/mol. The quantitative estimate of drug-likeness (QED) is 0.674. The molecule has 0 aromatic heterocycles. The molecule has 0 fully saturated rings. The molecule has 0 radical (unpaired) electrons. The molecule has 0 aliphatic rings. The number of amides is 1. The number of hydrogen-bond donors (Lipinski definition) is 2. The summed E-state index contributed by atoms with van der Waals surface area (Å²) in [5.74, 6) is -0.560. The van der Waals surface area contributed by atoms with Crippen molar-refractivity contribution in [2.75, 3.05) is 11.9 Å². The molecule has 0 saturated heterocycles. The highest BCUT2D eigenvalue weighted by molar-refractivity contribution is 5.92. The van der Waals surface area contributed by atoms with Gasteiger partial charge in [-0.15, -0.1) is 0 Å². The maximum absolute atomic E-state index is 12.7. The van der Waals surface area contributed by atoms with Crippen LogP contribution in [-0.2, 0) is 23.6 Å². The van der Waals surface area contributed by atoms with Crippen molar-refractivity contribution in [2.45, 2.75) is 31.7 Å². The van der Waals surface area contributed by atoms with Crippen molar-refractivity contribution in [1.82, 2.24) is 5.32 Å². The number of nitrogens with one attached hydrogen (secondary N) is 2. The topological polar surface area (TPSA) is 41.1 Å². The minimum atomic E-state index is -4.52. The molecular weight excluding hydrogens is 386 g/mol. The molecule has 0 spiro atoms. The first-order chi connectivity index (χ1) is 12.9. The standard InChI is InChI=1S/C19H18F6N2O/c1-12(8-13-4-2-5-14(9-13)18(20,21)22)26-11-17(28)27-16-7-3-6-15(10-16)19(23,24)25/h2-7,9-10,12,26H,8,11H2,1H3,(H,27,28). The molecule has 3 nitrogen and oxygen atoms in total. The van der Waals surface area contributed by atoms with E-state index in [0.717, 1.165) is 24.3 Å². The van der Waals surface area contributed by atoms with E-state index in [-0.39, 0.29) is 24.7 Å². The van der Waals surface area contributed by atoms with E-state index in [1.165, 1.54) is 18.2 Å². The minimum Gasteiger partial charge on any atom is -0.325 e. The Labute approximate surface area is 157 Å². The maximum Gasteiger partial charge on any atom is 0.416 e. The molecule has 9 heteroatoms. The van der Waals surface area contributed by atoms with E-state index < -0.39 is 29.4 Å². The third-order valence-electron chi connectivity index (χ3n) is 3.88. The zero-order valence-corrected chi connectivity index (χ0v) is 14.8. The monoisotopic (exact) mass is 404 g/mol. The molecule has 1 atom stereocenters. The lowest BCUT2D eigenvalue weighted by Crippen LogP contribution is -2.35. The summed E-state index contributed by atoms with van der Waals surface area (Å²) in [6.07, 6.45) is -8.70. The molecule has 2 aromatic rings. The highest BCUT2D eigenvalue weighted by atomic mass is 19.4. The van der Waals surface area contributed by atoms with Crippen LogP contribution in [-0.4, -0.2) is 18.5 Å². The zero-order valence-electron chi connectivity index (χ0n) is 14.8. The Morgan fingerprint density at radius 3 is 2.11 bits per heavy atom. The smallest absolute Gasteiger partial charge is 0.325 e. The van der Waals surface area contributed by atoms with Gasteiger partial charge in [0.2, 0.25) is 5.91 Å². The summed E-state index contributed by atoms with van der Waals surface area (Å²) in [4.78, 5) is 11.9. The second-order valence-electron chi connectivity index (χ2n) is 6.31. The van der Waals surface area contributed by atoms with E-state index in [1.807, 2.05) is 0 Å². The molecular formula is C19H18F6N2O. The molecule has 0 aliphatic carbocycles.